The molecule has 0 atom stereocenters. The lowest BCUT2D eigenvalue weighted by Gasteiger charge is -2.23. The molecule has 6 nitrogen and oxygen atoms in total. The number of fused-ring (bicyclic) bond motifs is 1. The number of nitrogen functional groups attached to an aromatic ring is 2. The molecule has 0 spiro atoms. The fourth-order valence-corrected chi connectivity index (χ4v) is 2.76. The van der Waals surface area contributed by atoms with Crippen LogP contribution in [0.15, 0.2) is 24.3 Å². The van der Waals surface area contributed by atoms with Crippen LogP contribution in [0.5, 0.6) is 0 Å². The fraction of sp³-hybridized carbons (Fsp3) is 0.312. The third-order valence-electron chi connectivity index (χ3n) is 3.50. The van der Waals surface area contributed by atoms with Gasteiger partial charge >= 0.3 is 0 Å². The highest BCUT2D eigenvalue weighted by Gasteiger charge is 2.20. The maximum atomic E-state index is 5.78. The summed E-state index contributed by atoms with van der Waals surface area (Å²) < 4.78 is 2.14. The van der Waals surface area contributed by atoms with E-state index in [-0.39, 0.29) is 5.54 Å². The van der Waals surface area contributed by atoms with Gasteiger partial charge in [0.05, 0.1) is 5.69 Å². The number of pyridine rings is 2. The van der Waals surface area contributed by atoms with Crippen molar-refractivity contribution in [3.63, 3.8) is 0 Å². The maximum absolute atomic E-state index is 5.78. The van der Waals surface area contributed by atoms with Gasteiger partial charge in [0.1, 0.15) is 23.0 Å². The lowest BCUT2D eigenvalue weighted by atomic mass is 10.1. The molecular formula is C16H20N6. The van der Waals surface area contributed by atoms with Gasteiger partial charge in [0.25, 0.3) is 0 Å². The highest BCUT2D eigenvalue weighted by atomic mass is 15.2. The molecule has 0 saturated heterocycles. The molecule has 3 aromatic rings. The number of aromatic nitrogens is 4. The zero-order chi connectivity index (χ0) is 16.1. The highest BCUT2D eigenvalue weighted by Crippen LogP contribution is 2.27. The number of rotatable bonds is 1. The molecule has 0 fully saturated rings. The van der Waals surface area contributed by atoms with Gasteiger partial charge in [0.2, 0.25) is 0 Å². The van der Waals surface area contributed by atoms with Gasteiger partial charge in [-0.15, -0.1) is 0 Å². The Hall–Kier alpha value is -2.63. The number of hydrogen-bond donors (Lipinski definition) is 2. The van der Waals surface area contributed by atoms with Crippen molar-refractivity contribution < 1.29 is 0 Å². The smallest absolute Gasteiger partial charge is 0.161 e. The minimum Gasteiger partial charge on any atom is -0.384 e. The number of nitrogens with two attached hydrogens (primary N) is 2. The van der Waals surface area contributed by atoms with E-state index in [1.54, 1.807) is 12.1 Å². The summed E-state index contributed by atoms with van der Waals surface area (Å²) in [5.74, 6) is 1.72. The first kappa shape index (κ1) is 14.3. The predicted molar refractivity (Wildman–Crippen MR) is 89.3 cm³/mol. The van der Waals surface area contributed by atoms with Gasteiger partial charge in [-0.25, -0.2) is 15.0 Å². The van der Waals surface area contributed by atoms with Crippen molar-refractivity contribution in [1.82, 2.24) is 19.5 Å². The maximum Gasteiger partial charge on any atom is 0.161 e. The number of imidazole rings is 1. The van der Waals surface area contributed by atoms with Crippen molar-refractivity contribution in [1.29, 1.82) is 0 Å². The third kappa shape index (κ3) is 2.36. The zero-order valence-electron chi connectivity index (χ0n) is 13.3. The summed E-state index contributed by atoms with van der Waals surface area (Å²) in [4.78, 5) is 13.4. The number of nitrogens with zero attached hydrogens (tertiary/aromatic N) is 4. The van der Waals surface area contributed by atoms with Gasteiger partial charge in [0.15, 0.2) is 5.65 Å². The Morgan fingerprint density at radius 2 is 1.59 bits per heavy atom. The Morgan fingerprint density at radius 1 is 0.955 bits per heavy atom. The molecule has 6 heteroatoms. The van der Waals surface area contributed by atoms with Crippen LogP contribution in [-0.2, 0) is 5.54 Å². The van der Waals surface area contributed by atoms with Gasteiger partial charge in [-0.05, 0) is 52.0 Å². The van der Waals surface area contributed by atoms with Crippen LogP contribution in [0.1, 0.15) is 26.6 Å². The summed E-state index contributed by atoms with van der Waals surface area (Å²) in [6, 6.07) is 7.44. The van der Waals surface area contributed by atoms with Crippen LogP contribution in [0.2, 0.25) is 0 Å². The second-order valence-corrected chi connectivity index (χ2v) is 6.41. The molecule has 0 aliphatic heterocycles. The van der Waals surface area contributed by atoms with Crippen molar-refractivity contribution in [3.8, 4) is 11.3 Å². The van der Waals surface area contributed by atoms with E-state index in [0.717, 1.165) is 28.2 Å². The molecule has 0 aliphatic rings. The molecule has 0 aliphatic carbocycles. The molecule has 4 N–H and O–H groups in total. The molecule has 0 amide bonds. The summed E-state index contributed by atoms with van der Waals surface area (Å²) in [6.45, 7) is 8.41. The van der Waals surface area contributed by atoms with Crippen LogP contribution in [-0.4, -0.2) is 19.5 Å². The average Bonchev–Trinajstić information content (AvgIpc) is 2.71. The molecule has 3 rings (SSSR count). The summed E-state index contributed by atoms with van der Waals surface area (Å²) in [5, 5.41) is 0. The van der Waals surface area contributed by atoms with Gasteiger partial charge in [-0.2, -0.15) is 0 Å². The normalized spacial score (nSPS) is 12.0. The van der Waals surface area contributed by atoms with E-state index < -0.39 is 0 Å². The zero-order valence-corrected chi connectivity index (χ0v) is 13.3. The molecule has 3 heterocycles. The van der Waals surface area contributed by atoms with Crippen LogP contribution in [0.4, 0.5) is 11.6 Å². The van der Waals surface area contributed by atoms with E-state index in [0.29, 0.717) is 11.6 Å². The second kappa shape index (κ2) is 4.69. The van der Waals surface area contributed by atoms with Crippen LogP contribution in [0.3, 0.4) is 0 Å². The topological polar surface area (TPSA) is 95.6 Å². The van der Waals surface area contributed by atoms with Crippen LogP contribution >= 0.6 is 0 Å². The van der Waals surface area contributed by atoms with Crippen molar-refractivity contribution in [2.24, 2.45) is 0 Å². The Bertz CT molecular complexity index is 837. The van der Waals surface area contributed by atoms with Crippen molar-refractivity contribution in [3.05, 3.63) is 30.1 Å². The Kier molecular flexibility index (Phi) is 3.05. The monoisotopic (exact) mass is 296 g/mol. The summed E-state index contributed by atoms with van der Waals surface area (Å²) in [5.41, 5.74) is 14.9. The predicted octanol–water partition coefficient (Wildman–Crippen LogP) is 2.72. The summed E-state index contributed by atoms with van der Waals surface area (Å²) >= 11 is 0. The first-order valence-corrected chi connectivity index (χ1v) is 7.16. The SMILES string of the molecule is Cc1nc2ccc(-c3cc(N)nc(N)c3)nc2n1C(C)(C)C. The number of anilines is 2. The van der Waals surface area contributed by atoms with E-state index in [2.05, 4.69) is 35.3 Å². The molecular weight excluding hydrogens is 276 g/mol. The van der Waals surface area contributed by atoms with Gasteiger partial charge in [-0.1, -0.05) is 0 Å². The van der Waals surface area contributed by atoms with Crippen molar-refractivity contribution >= 4 is 22.8 Å². The lowest BCUT2D eigenvalue weighted by Crippen LogP contribution is -2.23. The van der Waals surface area contributed by atoms with Crippen molar-refractivity contribution in [2.45, 2.75) is 33.2 Å². The highest BCUT2D eigenvalue weighted by molar-refractivity contribution is 5.77. The summed E-state index contributed by atoms with van der Waals surface area (Å²) in [7, 11) is 0. The molecule has 0 saturated carbocycles. The average molecular weight is 296 g/mol. The van der Waals surface area contributed by atoms with E-state index in [1.165, 1.54) is 0 Å². The van der Waals surface area contributed by atoms with Gasteiger partial charge in [0, 0.05) is 11.1 Å². The van der Waals surface area contributed by atoms with E-state index in [4.69, 9.17) is 16.5 Å². The summed E-state index contributed by atoms with van der Waals surface area (Å²) in [6.07, 6.45) is 0. The van der Waals surface area contributed by atoms with Crippen LogP contribution in [0.25, 0.3) is 22.4 Å². The fourth-order valence-electron chi connectivity index (χ4n) is 2.76. The van der Waals surface area contributed by atoms with Crippen molar-refractivity contribution in [2.75, 3.05) is 11.5 Å². The largest absolute Gasteiger partial charge is 0.384 e. The Labute approximate surface area is 129 Å². The lowest BCUT2D eigenvalue weighted by molar-refractivity contribution is 0.397. The molecule has 114 valence electrons. The molecule has 0 aromatic carbocycles. The van der Waals surface area contributed by atoms with Crippen LogP contribution < -0.4 is 11.5 Å². The Balaban J connectivity index is 2.25. The molecule has 22 heavy (non-hydrogen) atoms. The first-order chi connectivity index (χ1) is 10.3. The minimum absolute atomic E-state index is 0.0965. The minimum atomic E-state index is -0.0965. The van der Waals surface area contributed by atoms with Crippen LogP contribution in [0, 0.1) is 6.92 Å². The number of hydrogen-bond acceptors (Lipinski definition) is 5. The molecule has 0 bridgehead atoms. The Morgan fingerprint density at radius 3 is 2.18 bits per heavy atom. The van der Waals surface area contributed by atoms with Gasteiger partial charge < -0.3 is 16.0 Å². The standard InChI is InChI=1S/C16H20N6/c1-9-19-12-6-5-11(10-7-13(17)21-14(18)8-10)20-15(12)22(9)16(2,3)4/h5-8H,1-4H3,(H4,17,18,21). The molecule has 0 radical (unpaired) electrons. The third-order valence-corrected chi connectivity index (χ3v) is 3.50. The first-order valence-electron chi connectivity index (χ1n) is 7.16. The van der Waals surface area contributed by atoms with E-state index in [1.807, 2.05) is 19.1 Å². The quantitative estimate of drug-likeness (QED) is 0.719. The van der Waals surface area contributed by atoms with Gasteiger partial charge in [-0.3, -0.25) is 0 Å². The molecule has 3 aromatic heterocycles. The number of aryl methyl sites for hydroxylation is 1. The molecule has 0 unspecified atom stereocenters. The van der Waals surface area contributed by atoms with E-state index in [9.17, 15) is 0 Å². The second-order valence-electron chi connectivity index (χ2n) is 6.41. The van der Waals surface area contributed by atoms with E-state index >= 15 is 0 Å².